The topological polar surface area (TPSA) is 114 Å². The third kappa shape index (κ3) is 7.01. The molecule has 0 saturated carbocycles. The maximum Gasteiger partial charge on any atom is 0.318 e. The van der Waals surface area contributed by atoms with E-state index in [9.17, 15) is 9.59 Å². The number of aliphatic hydroxyl groups excluding tert-OH is 1. The van der Waals surface area contributed by atoms with Crippen LogP contribution in [0.15, 0.2) is 48.5 Å². The third-order valence-corrected chi connectivity index (χ3v) is 6.81. The predicted octanol–water partition coefficient (Wildman–Crippen LogP) is 0.605. The molecule has 2 aliphatic heterocycles. The summed E-state index contributed by atoms with van der Waals surface area (Å²) in [6, 6.07) is 14.8. The maximum atomic E-state index is 12.6. The van der Waals surface area contributed by atoms with Gasteiger partial charge in [-0.05, 0) is 55.5 Å². The van der Waals surface area contributed by atoms with Gasteiger partial charge < -0.3 is 36.2 Å². The molecule has 0 bridgehead atoms. The Kier molecular flexibility index (Phi) is 9.01. The summed E-state index contributed by atoms with van der Waals surface area (Å²) in [4.78, 5) is 30.7. The van der Waals surface area contributed by atoms with Crippen LogP contribution in [0.3, 0.4) is 0 Å². The number of hydrogen-bond acceptors (Lipinski definition) is 7. The Balaban J connectivity index is 1.28. The lowest BCUT2D eigenvalue weighted by atomic mass is 10.1. The number of hydrogen-bond donors (Lipinski definition) is 4. The van der Waals surface area contributed by atoms with Crippen molar-refractivity contribution in [1.82, 2.24) is 15.5 Å². The molecule has 2 aliphatic rings. The number of aliphatic hydroxyl groups is 1. The van der Waals surface area contributed by atoms with Gasteiger partial charge >= 0.3 is 6.03 Å². The Morgan fingerprint density at radius 3 is 1.84 bits per heavy atom. The van der Waals surface area contributed by atoms with Crippen LogP contribution in [0, 0.1) is 11.8 Å². The van der Waals surface area contributed by atoms with Crippen molar-refractivity contribution in [2.45, 2.75) is 19.0 Å². The molecular formula is C28H36N6O3. The van der Waals surface area contributed by atoms with Crippen molar-refractivity contribution >= 4 is 23.2 Å². The number of ketones is 1. The number of Topliss-reactive ketones (excluding diaryl/α,β-unsaturated/α-hetero) is 1. The summed E-state index contributed by atoms with van der Waals surface area (Å²) in [5, 5.41) is 15.1. The largest absolute Gasteiger partial charge is 0.388 e. The van der Waals surface area contributed by atoms with Gasteiger partial charge in [-0.3, -0.25) is 4.79 Å². The van der Waals surface area contributed by atoms with Crippen molar-refractivity contribution in [2.24, 2.45) is 5.73 Å². The van der Waals surface area contributed by atoms with Crippen molar-refractivity contribution in [3.05, 3.63) is 59.7 Å². The Hall–Kier alpha value is -3.58. The number of carbonyl (C=O) groups excluding carboxylic acids is 2. The fraction of sp³-hybridized carbons (Fsp3) is 0.429. The molecule has 2 atom stereocenters. The van der Waals surface area contributed by atoms with Gasteiger partial charge in [0.15, 0.2) is 5.78 Å². The number of piperazine rings is 2. The van der Waals surface area contributed by atoms with Gasteiger partial charge in [-0.2, -0.15) is 0 Å². The summed E-state index contributed by atoms with van der Waals surface area (Å²) in [5.41, 5.74) is 10.1. The van der Waals surface area contributed by atoms with Crippen molar-refractivity contribution in [1.29, 1.82) is 0 Å². The lowest BCUT2D eigenvalue weighted by molar-refractivity contribution is -0.123. The van der Waals surface area contributed by atoms with Crippen LogP contribution in [0.25, 0.3) is 0 Å². The molecule has 0 aliphatic carbocycles. The third-order valence-electron chi connectivity index (χ3n) is 6.81. The first-order valence-electron chi connectivity index (χ1n) is 12.8. The number of carbonyl (C=O) groups is 2. The van der Waals surface area contributed by atoms with Crippen molar-refractivity contribution < 1.29 is 14.7 Å². The van der Waals surface area contributed by atoms with Crippen molar-refractivity contribution in [3.8, 4) is 11.8 Å². The molecule has 37 heavy (non-hydrogen) atoms. The van der Waals surface area contributed by atoms with E-state index in [0.717, 1.165) is 43.0 Å². The maximum absolute atomic E-state index is 12.6. The summed E-state index contributed by atoms with van der Waals surface area (Å²) in [6.45, 7) is 7.47. The number of nitrogens with zero attached hydrogens (tertiary/aromatic N) is 3. The molecule has 0 spiro atoms. The molecule has 196 valence electrons. The van der Waals surface area contributed by atoms with Crippen LogP contribution in [0.1, 0.15) is 18.1 Å². The molecule has 5 N–H and O–H groups in total. The molecule has 2 aromatic carbocycles. The highest BCUT2D eigenvalue weighted by atomic mass is 16.3. The average molecular weight is 505 g/mol. The lowest BCUT2D eigenvalue weighted by Crippen LogP contribution is -2.58. The normalized spacial score (nSPS) is 17.4. The van der Waals surface area contributed by atoms with Gasteiger partial charge in [0, 0.05) is 80.9 Å². The summed E-state index contributed by atoms with van der Waals surface area (Å²) < 4.78 is 0. The van der Waals surface area contributed by atoms with Gasteiger partial charge in [0.1, 0.15) is 12.6 Å². The molecule has 0 radical (unpaired) electrons. The summed E-state index contributed by atoms with van der Waals surface area (Å²) in [5.74, 6) is 6.01. The van der Waals surface area contributed by atoms with E-state index < -0.39 is 24.5 Å². The van der Waals surface area contributed by atoms with Crippen LogP contribution in [-0.2, 0) is 4.79 Å². The molecule has 2 aromatic rings. The second kappa shape index (κ2) is 12.6. The zero-order chi connectivity index (χ0) is 26.2. The van der Waals surface area contributed by atoms with Gasteiger partial charge in [-0.15, -0.1) is 0 Å². The molecule has 2 saturated heterocycles. The second-order valence-corrected chi connectivity index (χ2v) is 9.47. The van der Waals surface area contributed by atoms with Crippen LogP contribution in [0.2, 0.25) is 0 Å². The first-order chi connectivity index (χ1) is 17.9. The number of nitrogens with one attached hydrogen (secondary N) is 2. The van der Waals surface area contributed by atoms with E-state index >= 15 is 0 Å². The minimum atomic E-state index is -0.894. The summed E-state index contributed by atoms with van der Waals surface area (Å²) in [7, 11) is 0. The van der Waals surface area contributed by atoms with Crippen LogP contribution < -0.4 is 26.2 Å². The fourth-order valence-corrected chi connectivity index (χ4v) is 4.57. The smallest absolute Gasteiger partial charge is 0.318 e. The number of urea groups is 1. The van der Waals surface area contributed by atoms with Crippen molar-refractivity contribution in [2.75, 3.05) is 68.8 Å². The monoisotopic (exact) mass is 504 g/mol. The van der Waals surface area contributed by atoms with E-state index in [0.29, 0.717) is 26.2 Å². The Bertz CT molecular complexity index is 1110. The number of anilines is 2. The van der Waals surface area contributed by atoms with Gasteiger partial charge in [0.25, 0.3) is 0 Å². The highest BCUT2D eigenvalue weighted by molar-refractivity contribution is 5.90. The minimum absolute atomic E-state index is 0.338. The average Bonchev–Trinajstić information content (AvgIpc) is 2.95. The molecule has 0 unspecified atom stereocenters. The predicted molar refractivity (Wildman–Crippen MR) is 146 cm³/mol. The number of nitrogens with two attached hydrogens (primary N) is 1. The summed E-state index contributed by atoms with van der Waals surface area (Å²) in [6.07, 6.45) is 0. The van der Waals surface area contributed by atoms with Crippen LogP contribution >= 0.6 is 0 Å². The first-order valence-corrected chi connectivity index (χ1v) is 12.8. The molecule has 0 aromatic heterocycles. The minimum Gasteiger partial charge on any atom is -0.388 e. The van der Waals surface area contributed by atoms with Gasteiger partial charge in [0.05, 0.1) is 0 Å². The van der Waals surface area contributed by atoms with Crippen LogP contribution in [0.5, 0.6) is 0 Å². The molecule has 2 amide bonds. The van der Waals surface area contributed by atoms with Gasteiger partial charge in [-0.1, -0.05) is 11.8 Å². The highest BCUT2D eigenvalue weighted by Crippen LogP contribution is 2.18. The SMILES string of the molecule is C[C@H](N)[C@@H](NC(=O)N1CCN(c2ccc(C#Cc3ccc(N4CCNCC4)cc3)cc2)CC1)C(=O)CO. The van der Waals surface area contributed by atoms with Crippen LogP contribution in [0.4, 0.5) is 16.2 Å². The van der Waals surface area contributed by atoms with E-state index in [1.54, 1.807) is 11.8 Å². The Morgan fingerprint density at radius 1 is 0.892 bits per heavy atom. The van der Waals surface area contributed by atoms with E-state index in [2.05, 4.69) is 68.7 Å². The highest BCUT2D eigenvalue weighted by Gasteiger charge is 2.28. The Morgan fingerprint density at radius 2 is 1.38 bits per heavy atom. The number of amides is 2. The van der Waals surface area contributed by atoms with E-state index in [4.69, 9.17) is 10.8 Å². The molecule has 9 heteroatoms. The van der Waals surface area contributed by atoms with Crippen LogP contribution in [-0.4, -0.2) is 92.9 Å². The van der Waals surface area contributed by atoms with Crippen molar-refractivity contribution in [3.63, 3.8) is 0 Å². The summed E-state index contributed by atoms with van der Waals surface area (Å²) >= 11 is 0. The fourth-order valence-electron chi connectivity index (χ4n) is 4.57. The zero-order valence-corrected chi connectivity index (χ0v) is 21.3. The quantitative estimate of drug-likeness (QED) is 0.426. The molecular weight excluding hydrogens is 468 g/mol. The molecule has 9 nitrogen and oxygen atoms in total. The number of rotatable bonds is 6. The van der Waals surface area contributed by atoms with E-state index in [1.807, 2.05) is 12.1 Å². The zero-order valence-electron chi connectivity index (χ0n) is 21.3. The molecule has 2 fully saturated rings. The molecule has 2 heterocycles. The van der Waals surface area contributed by atoms with E-state index in [-0.39, 0.29) is 6.03 Å². The molecule has 4 rings (SSSR count). The first kappa shape index (κ1) is 26.5. The van der Waals surface area contributed by atoms with Gasteiger partial charge in [-0.25, -0.2) is 4.79 Å². The van der Waals surface area contributed by atoms with E-state index in [1.165, 1.54) is 5.69 Å². The number of benzene rings is 2. The lowest BCUT2D eigenvalue weighted by Gasteiger charge is -2.37. The van der Waals surface area contributed by atoms with Gasteiger partial charge in [0.2, 0.25) is 0 Å². The Labute approximate surface area is 218 Å². The second-order valence-electron chi connectivity index (χ2n) is 9.47. The standard InChI is InChI=1S/C28H36N6O3/c1-21(29)27(26(36)20-35)31-28(37)34-18-16-33(17-19-34)25-10-6-23(7-11-25)3-2-22-4-8-24(9-5-22)32-14-12-30-13-15-32/h4-11,21,27,30,35H,12-20,29H2,1H3,(H,31,37)/t21-,27+/m0/s1.